The number of hydrogen-bond acceptors (Lipinski definition) is 3. The number of benzene rings is 1. The number of rotatable bonds is 2. The Bertz CT molecular complexity index is 773. The van der Waals surface area contributed by atoms with Crippen molar-refractivity contribution in [1.29, 1.82) is 0 Å². The predicted octanol–water partition coefficient (Wildman–Crippen LogP) is 4.00. The minimum Gasteiger partial charge on any atom is -0.457 e. The lowest BCUT2D eigenvalue weighted by atomic mass is 10.0. The fourth-order valence-electron chi connectivity index (χ4n) is 2.27. The fraction of sp³-hybridized carbons (Fsp3) is 0.133. The van der Waals surface area contributed by atoms with Crippen LogP contribution in [0.3, 0.4) is 0 Å². The summed E-state index contributed by atoms with van der Waals surface area (Å²) in [6, 6.07) is 10.1. The van der Waals surface area contributed by atoms with E-state index >= 15 is 0 Å². The van der Waals surface area contributed by atoms with E-state index in [1.807, 2.05) is 25.2 Å². The quantitative estimate of drug-likeness (QED) is 0.772. The smallest absolute Gasteiger partial charge is 0.178 e. The van der Waals surface area contributed by atoms with Gasteiger partial charge in [-0.25, -0.2) is 0 Å². The average molecular weight is 332 g/mol. The summed E-state index contributed by atoms with van der Waals surface area (Å²) < 4.78 is 7.65. The van der Waals surface area contributed by atoms with E-state index in [2.05, 4.69) is 40.1 Å². The predicted molar refractivity (Wildman–Crippen MR) is 83.2 cm³/mol. The third-order valence-corrected chi connectivity index (χ3v) is 3.89. The second kappa shape index (κ2) is 4.83. The van der Waals surface area contributed by atoms with Gasteiger partial charge in [-0.15, -0.1) is 0 Å². The lowest BCUT2D eigenvalue weighted by Crippen LogP contribution is -1.98. The zero-order chi connectivity index (χ0) is 14.3. The monoisotopic (exact) mass is 331 g/mol. The molecule has 20 heavy (non-hydrogen) atoms. The molecule has 0 aliphatic carbocycles. The van der Waals surface area contributed by atoms with Crippen LogP contribution in [0, 0.1) is 6.92 Å². The molecule has 0 unspecified atom stereocenters. The van der Waals surface area contributed by atoms with Gasteiger partial charge in [0.05, 0.1) is 17.4 Å². The van der Waals surface area contributed by atoms with E-state index in [-0.39, 0.29) is 0 Å². The third kappa shape index (κ3) is 2.04. The summed E-state index contributed by atoms with van der Waals surface area (Å²) in [6.07, 6.45) is 1.63. The van der Waals surface area contributed by atoms with Crippen LogP contribution in [0.2, 0.25) is 0 Å². The Morgan fingerprint density at radius 1 is 1.30 bits per heavy atom. The molecule has 2 N–H and O–H groups in total. The van der Waals surface area contributed by atoms with E-state index in [0.717, 1.165) is 22.4 Å². The highest BCUT2D eigenvalue weighted by atomic mass is 79.9. The van der Waals surface area contributed by atoms with E-state index in [0.29, 0.717) is 10.5 Å². The van der Waals surface area contributed by atoms with Crippen molar-refractivity contribution in [3.63, 3.8) is 0 Å². The highest BCUT2D eigenvalue weighted by Crippen LogP contribution is 2.39. The molecule has 0 fully saturated rings. The molecular weight excluding hydrogens is 318 g/mol. The first-order chi connectivity index (χ1) is 9.58. The van der Waals surface area contributed by atoms with Crippen molar-refractivity contribution in [2.24, 2.45) is 7.05 Å². The van der Waals surface area contributed by atoms with Gasteiger partial charge in [0, 0.05) is 7.05 Å². The summed E-state index contributed by atoms with van der Waals surface area (Å²) in [4.78, 5) is 0. The first-order valence-corrected chi connectivity index (χ1v) is 7.00. The van der Waals surface area contributed by atoms with E-state index in [1.165, 1.54) is 5.56 Å². The molecule has 0 saturated carbocycles. The highest BCUT2D eigenvalue weighted by Gasteiger charge is 2.20. The Labute approximate surface area is 125 Å². The SMILES string of the molecule is Cc1cccc(-c2c(-c3ccoc3Br)nn(C)c2N)c1. The maximum Gasteiger partial charge on any atom is 0.178 e. The van der Waals surface area contributed by atoms with Crippen molar-refractivity contribution >= 4 is 21.7 Å². The topological polar surface area (TPSA) is 57.0 Å². The van der Waals surface area contributed by atoms with Gasteiger partial charge in [-0.05, 0) is 34.5 Å². The lowest BCUT2D eigenvalue weighted by molar-refractivity contribution is 0.542. The summed E-state index contributed by atoms with van der Waals surface area (Å²) in [5.74, 6) is 0.638. The van der Waals surface area contributed by atoms with Gasteiger partial charge in [-0.1, -0.05) is 29.8 Å². The molecule has 0 amide bonds. The molecule has 102 valence electrons. The number of nitrogens with two attached hydrogens (primary N) is 1. The molecule has 0 aliphatic heterocycles. The second-order valence-electron chi connectivity index (χ2n) is 4.71. The van der Waals surface area contributed by atoms with Crippen molar-refractivity contribution in [3.8, 4) is 22.4 Å². The van der Waals surface area contributed by atoms with Gasteiger partial charge in [0.15, 0.2) is 4.67 Å². The standard InChI is InChI=1S/C15H14BrN3O/c1-9-4-3-5-10(8-9)12-13(18-19(2)15(12)17)11-6-7-20-14(11)16/h3-8H,17H2,1-2H3. The van der Waals surface area contributed by atoms with Gasteiger partial charge in [-0.2, -0.15) is 5.10 Å². The lowest BCUT2D eigenvalue weighted by Gasteiger charge is -2.04. The maximum atomic E-state index is 6.20. The van der Waals surface area contributed by atoms with E-state index < -0.39 is 0 Å². The number of hydrogen-bond donors (Lipinski definition) is 1. The number of nitrogen functional groups attached to an aromatic ring is 1. The number of nitrogens with zero attached hydrogens (tertiary/aromatic N) is 2. The summed E-state index contributed by atoms with van der Waals surface area (Å²) in [5.41, 5.74) is 11.1. The minimum atomic E-state index is 0.638. The normalized spacial score (nSPS) is 10.9. The number of anilines is 1. The molecule has 2 aromatic heterocycles. The Morgan fingerprint density at radius 2 is 2.10 bits per heavy atom. The van der Waals surface area contributed by atoms with Gasteiger partial charge in [0.1, 0.15) is 11.5 Å². The zero-order valence-electron chi connectivity index (χ0n) is 11.2. The van der Waals surface area contributed by atoms with Crippen molar-refractivity contribution < 1.29 is 4.42 Å². The van der Waals surface area contributed by atoms with Gasteiger partial charge >= 0.3 is 0 Å². The Morgan fingerprint density at radius 3 is 2.75 bits per heavy atom. The van der Waals surface area contributed by atoms with Crippen LogP contribution < -0.4 is 5.73 Å². The molecule has 0 bridgehead atoms. The third-order valence-electron chi connectivity index (χ3n) is 3.27. The summed E-state index contributed by atoms with van der Waals surface area (Å²) >= 11 is 3.40. The molecular formula is C15H14BrN3O. The van der Waals surface area contributed by atoms with Crippen LogP contribution in [0.25, 0.3) is 22.4 Å². The van der Waals surface area contributed by atoms with Gasteiger partial charge < -0.3 is 10.2 Å². The van der Waals surface area contributed by atoms with E-state index in [1.54, 1.807) is 10.9 Å². The maximum absolute atomic E-state index is 6.20. The molecule has 0 radical (unpaired) electrons. The van der Waals surface area contributed by atoms with Crippen LogP contribution in [0.1, 0.15) is 5.56 Å². The van der Waals surface area contributed by atoms with Crippen LogP contribution in [0.15, 0.2) is 45.7 Å². The number of furan rings is 1. The number of halogens is 1. The molecule has 0 aliphatic rings. The molecule has 5 heteroatoms. The molecule has 0 saturated heterocycles. The largest absolute Gasteiger partial charge is 0.457 e. The first kappa shape index (κ1) is 13.0. The van der Waals surface area contributed by atoms with Crippen molar-refractivity contribution in [1.82, 2.24) is 9.78 Å². The Hall–Kier alpha value is -2.01. The first-order valence-electron chi connectivity index (χ1n) is 6.21. The van der Waals surface area contributed by atoms with Crippen LogP contribution in [0.4, 0.5) is 5.82 Å². The van der Waals surface area contributed by atoms with Crippen molar-refractivity contribution in [2.75, 3.05) is 5.73 Å². The van der Waals surface area contributed by atoms with E-state index in [4.69, 9.17) is 10.2 Å². The van der Waals surface area contributed by atoms with E-state index in [9.17, 15) is 0 Å². The summed E-state index contributed by atoms with van der Waals surface area (Å²) in [5, 5.41) is 4.52. The molecule has 0 atom stereocenters. The van der Waals surface area contributed by atoms with Crippen molar-refractivity contribution in [2.45, 2.75) is 6.92 Å². The molecule has 1 aromatic carbocycles. The van der Waals surface area contributed by atoms with Gasteiger partial charge in [-0.3, -0.25) is 4.68 Å². The Kier molecular flexibility index (Phi) is 3.14. The molecule has 3 aromatic rings. The Balaban J connectivity index is 2.28. The fourth-order valence-corrected chi connectivity index (χ4v) is 2.70. The second-order valence-corrected chi connectivity index (χ2v) is 5.43. The van der Waals surface area contributed by atoms with Crippen LogP contribution in [-0.4, -0.2) is 9.78 Å². The molecule has 0 spiro atoms. The molecule has 4 nitrogen and oxygen atoms in total. The summed E-state index contributed by atoms with van der Waals surface area (Å²) in [7, 11) is 1.84. The average Bonchev–Trinajstić information content (AvgIpc) is 2.94. The highest BCUT2D eigenvalue weighted by molar-refractivity contribution is 9.10. The zero-order valence-corrected chi connectivity index (χ0v) is 12.8. The van der Waals surface area contributed by atoms with Crippen LogP contribution in [-0.2, 0) is 7.05 Å². The molecule has 2 heterocycles. The van der Waals surface area contributed by atoms with Gasteiger partial charge in [0.2, 0.25) is 0 Å². The van der Waals surface area contributed by atoms with Gasteiger partial charge in [0.25, 0.3) is 0 Å². The van der Waals surface area contributed by atoms with Crippen molar-refractivity contribution in [3.05, 3.63) is 46.8 Å². The van der Waals surface area contributed by atoms with Crippen LogP contribution >= 0.6 is 15.9 Å². The number of aromatic nitrogens is 2. The molecule has 3 rings (SSSR count). The van der Waals surface area contributed by atoms with Crippen LogP contribution in [0.5, 0.6) is 0 Å². The summed E-state index contributed by atoms with van der Waals surface area (Å²) in [6.45, 7) is 2.06. The minimum absolute atomic E-state index is 0.638. The number of aryl methyl sites for hydroxylation is 2.